The highest BCUT2D eigenvalue weighted by Gasteiger charge is 2.04. The quantitative estimate of drug-likeness (QED) is 0.543. The molecule has 1 aromatic carbocycles. The van der Waals surface area contributed by atoms with E-state index in [1.807, 2.05) is 24.3 Å². The first kappa shape index (κ1) is 14.4. The van der Waals surface area contributed by atoms with E-state index in [1.165, 1.54) is 5.56 Å². The lowest BCUT2D eigenvalue weighted by Gasteiger charge is -2.09. The van der Waals surface area contributed by atoms with Crippen LogP contribution in [0.2, 0.25) is 0 Å². The molecule has 1 aromatic rings. The van der Waals surface area contributed by atoms with Crippen molar-refractivity contribution in [2.75, 3.05) is 6.61 Å². The first-order valence-electron chi connectivity index (χ1n) is 5.62. The number of rotatable bonds is 4. The number of hydrogen-bond donors (Lipinski definition) is 3. The van der Waals surface area contributed by atoms with Crippen LogP contribution in [0.1, 0.15) is 25.3 Å². The van der Waals surface area contributed by atoms with Crippen LogP contribution in [0.4, 0.5) is 0 Å². The van der Waals surface area contributed by atoms with Gasteiger partial charge in [0.15, 0.2) is 6.61 Å². The van der Waals surface area contributed by atoms with Gasteiger partial charge in [-0.05, 0) is 23.6 Å². The Morgan fingerprint density at radius 3 is 2.44 bits per heavy atom. The van der Waals surface area contributed by atoms with Crippen LogP contribution in [0.15, 0.2) is 24.3 Å². The Balaban J connectivity index is 2.39. The molecule has 5 N–H and O–H groups in total. The number of hydrazine groups is 1. The number of carbonyl (C=O) groups excluding carboxylic acids is 1. The zero-order valence-corrected chi connectivity index (χ0v) is 11.3. The number of ether oxygens (including phenoxy) is 1. The van der Waals surface area contributed by atoms with E-state index in [-0.39, 0.29) is 17.6 Å². The van der Waals surface area contributed by atoms with Crippen LogP contribution in [0, 0.1) is 0 Å². The van der Waals surface area contributed by atoms with Crippen LogP contribution >= 0.6 is 12.2 Å². The maximum absolute atomic E-state index is 11.3. The predicted octanol–water partition coefficient (Wildman–Crippen LogP) is 0.336. The van der Waals surface area contributed by atoms with Crippen molar-refractivity contribution < 1.29 is 15.3 Å². The van der Waals surface area contributed by atoms with E-state index in [1.54, 1.807) is 0 Å². The molecule has 0 aliphatic heterocycles. The lowest BCUT2D eigenvalue weighted by atomic mass is 10.0. The summed E-state index contributed by atoms with van der Waals surface area (Å²) < 4.78 is 5.32. The van der Waals surface area contributed by atoms with Crippen LogP contribution in [0.25, 0.3) is 0 Å². The second kappa shape index (κ2) is 6.93. The molecular formula is C12H18N3O2S+. The third-order valence-electron chi connectivity index (χ3n) is 2.26. The summed E-state index contributed by atoms with van der Waals surface area (Å²) in [5.41, 5.74) is 9.46. The molecule has 6 heteroatoms. The summed E-state index contributed by atoms with van der Waals surface area (Å²) >= 11 is 4.65. The number of nitrogens with one attached hydrogen (secondary N) is 2. The Kier molecular flexibility index (Phi) is 5.54. The fraction of sp³-hybridized carbons (Fsp3) is 0.333. The Morgan fingerprint density at radius 2 is 1.94 bits per heavy atom. The van der Waals surface area contributed by atoms with Crippen LogP contribution in [-0.4, -0.2) is 17.6 Å². The molecule has 0 bridgehead atoms. The molecule has 0 unspecified atom stereocenters. The van der Waals surface area contributed by atoms with Crippen molar-refractivity contribution in [1.29, 1.82) is 0 Å². The van der Waals surface area contributed by atoms with Crippen molar-refractivity contribution >= 4 is 23.2 Å². The van der Waals surface area contributed by atoms with Gasteiger partial charge in [-0.2, -0.15) is 0 Å². The Morgan fingerprint density at radius 1 is 1.33 bits per heavy atom. The minimum atomic E-state index is -0.311. The molecule has 0 saturated carbocycles. The summed E-state index contributed by atoms with van der Waals surface area (Å²) in [5.74, 6) is 0.824. The second-order valence-electron chi connectivity index (χ2n) is 4.11. The van der Waals surface area contributed by atoms with Gasteiger partial charge in [0.25, 0.3) is 11.0 Å². The standard InChI is InChI=1S/C12H17N3O2S/c1-8(2)9-3-5-10(6-4-9)17-7-11(16)14-15-12(13)18/h3-6,8H,7H2,1-2H3,(H,14,16)(H3,13,15,18)/p+1. The number of amides is 1. The van der Waals surface area contributed by atoms with Gasteiger partial charge in [-0.1, -0.05) is 26.0 Å². The van der Waals surface area contributed by atoms with Crippen molar-refractivity contribution in [3.8, 4) is 5.75 Å². The molecule has 5 nitrogen and oxygen atoms in total. The predicted molar refractivity (Wildman–Crippen MR) is 72.8 cm³/mol. The highest BCUT2D eigenvalue weighted by molar-refractivity contribution is 7.79. The molecule has 0 spiro atoms. The molecule has 0 aliphatic rings. The Hall–Kier alpha value is -1.66. The van der Waals surface area contributed by atoms with Crippen molar-refractivity contribution in [3.05, 3.63) is 29.8 Å². The monoisotopic (exact) mass is 268 g/mol. The Bertz CT molecular complexity index is 418. The van der Waals surface area contributed by atoms with E-state index in [0.717, 1.165) is 0 Å². The largest absolute Gasteiger partial charge is 0.484 e. The SMILES string of the molecule is CC(C)c1ccc(OCC(=O)NNC([NH3+])=S)cc1. The summed E-state index contributed by atoms with van der Waals surface area (Å²) in [5, 5.41) is 0.254. The van der Waals surface area contributed by atoms with E-state index in [0.29, 0.717) is 11.7 Å². The van der Waals surface area contributed by atoms with Gasteiger partial charge in [0.1, 0.15) is 5.75 Å². The van der Waals surface area contributed by atoms with Gasteiger partial charge < -0.3 is 4.74 Å². The van der Waals surface area contributed by atoms with Gasteiger partial charge in [-0.15, -0.1) is 0 Å². The van der Waals surface area contributed by atoms with E-state index >= 15 is 0 Å². The third kappa shape index (κ3) is 5.11. The number of quaternary nitrogens is 1. The molecule has 1 amide bonds. The first-order chi connectivity index (χ1) is 8.49. The molecule has 0 fully saturated rings. The van der Waals surface area contributed by atoms with E-state index in [9.17, 15) is 4.79 Å². The van der Waals surface area contributed by atoms with Gasteiger partial charge in [-0.25, -0.2) is 5.43 Å². The molecule has 0 saturated heterocycles. The van der Waals surface area contributed by atoms with Gasteiger partial charge in [0.05, 0.1) is 0 Å². The number of carbonyl (C=O) groups is 1. The molecule has 0 radical (unpaired) electrons. The lowest BCUT2D eigenvalue weighted by molar-refractivity contribution is -0.216. The second-order valence-corrected chi connectivity index (χ2v) is 4.60. The Labute approximate surface area is 112 Å². The molecule has 1 rings (SSSR count). The summed E-state index contributed by atoms with van der Waals surface area (Å²) in [6.45, 7) is 4.17. The topological polar surface area (TPSA) is 78.0 Å². The number of thiocarbonyl (C=S) groups is 1. The zero-order valence-electron chi connectivity index (χ0n) is 10.5. The highest BCUT2D eigenvalue weighted by atomic mass is 32.1. The van der Waals surface area contributed by atoms with E-state index in [2.05, 4.69) is 42.7 Å². The van der Waals surface area contributed by atoms with Crippen LogP contribution < -0.4 is 21.3 Å². The number of benzene rings is 1. The lowest BCUT2D eigenvalue weighted by Crippen LogP contribution is -2.66. The number of hydrogen-bond acceptors (Lipinski definition) is 3. The molecule has 18 heavy (non-hydrogen) atoms. The van der Waals surface area contributed by atoms with Gasteiger partial charge >= 0.3 is 0 Å². The highest BCUT2D eigenvalue weighted by Crippen LogP contribution is 2.18. The van der Waals surface area contributed by atoms with Crippen LogP contribution in [0.3, 0.4) is 0 Å². The fourth-order valence-electron chi connectivity index (χ4n) is 1.27. The molecule has 0 aliphatic carbocycles. The minimum Gasteiger partial charge on any atom is -0.484 e. The average Bonchev–Trinajstić information content (AvgIpc) is 2.34. The average molecular weight is 268 g/mol. The smallest absolute Gasteiger partial charge is 0.283 e. The van der Waals surface area contributed by atoms with Gasteiger partial charge in [0.2, 0.25) is 0 Å². The molecular weight excluding hydrogens is 250 g/mol. The van der Waals surface area contributed by atoms with Crippen LogP contribution in [0.5, 0.6) is 5.75 Å². The summed E-state index contributed by atoms with van der Waals surface area (Å²) in [7, 11) is 0. The van der Waals surface area contributed by atoms with Crippen LogP contribution in [-0.2, 0) is 4.79 Å². The third-order valence-corrected chi connectivity index (χ3v) is 2.36. The van der Waals surface area contributed by atoms with Crippen molar-refractivity contribution in [2.24, 2.45) is 0 Å². The molecule has 0 aromatic heterocycles. The fourth-order valence-corrected chi connectivity index (χ4v) is 1.32. The normalized spacial score (nSPS) is 10.0. The van der Waals surface area contributed by atoms with Crippen molar-refractivity contribution in [2.45, 2.75) is 19.8 Å². The van der Waals surface area contributed by atoms with Crippen molar-refractivity contribution in [1.82, 2.24) is 10.9 Å². The maximum Gasteiger partial charge on any atom is 0.283 e. The zero-order chi connectivity index (χ0) is 13.5. The first-order valence-corrected chi connectivity index (χ1v) is 6.03. The summed E-state index contributed by atoms with van der Waals surface area (Å²) in [4.78, 5) is 11.3. The summed E-state index contributed by atoms with van der Waals surface area (Å²) in [6, 6.07) is 7.67. The molecule has 98 valence electrons. The maximum atomic E-state index is 11.3. The van der Waals surface area contributed by atoms with E-state index < -0.39 is 0 Å². The molecule has 0 heterocycles. The minimum absolute atomic E-state index is 0.0728. The molecule has 0 atom stereocenters. The van der Waals surface area contributed by atoms with Gasteiger partial charge in [-0.3, -0.25) is 16.0 Å². The van der Waals surface area contributed by atoms with E-state index in [4.69, 9.17) is 4.74 Å². The van der Waals surface area contributed by atoms with Gasteiger partial charge in [0, 0.05) is 12.2 Å². The summed E-state index contributed by atoms with van der Waals surface area (Å²) in [6.07, 6.45) is 0. The van der Waals surface area contributed by atoms with Crippen molar-refractivity contribution in [3.63, 3.8) is 0 Å².